The maximum Gasteiger partial charge on any atom is 0.419 e. The largest absolute Gasteiger partial charge is 0.419 e. The molecule has 3 nitrogen and oxygen atoms in total. The lowest BCUT2D eigenvalue weighted by atomic mass is 9.98. The molecule has 3 aromatic carbocycles. The summed E-state index contributed by atoms with van der Waals surface area (Å²) in [7, 11) is 0. The number of ether oxygens (including phenoxy) is 3. The summed E-state index contributed by atoms with van der Waals surface area (Å²) in [6.07, 6.45) is -2.92. The van der Waals surface area contributed by atoms with Crippen molar-refractivity contribution >= 4 is 10.8 Å². The highest BCUT2D eigenvalue weighted by atomic mass is 19.4. The lowest BCUT2D eigenvalue weighted by Gasteiger charge is -2.29. The number of aryl methyl sites for hydroxylation is 2. The van der Waals surface area contributed by atoms with Crippen molar-refractivity contribution < 1.29 is 36.2 Å². The Morgan fingerprint density at radius 3 is 2.40 bits per heavy atom. The zero-order chi connectivity index (χ0) is 25.0. The van der Waals surface area contributed by atoms with Crippen LogP contribution in [0.4, 0.5) is 22.0 Å². The summed E-state index contributed by atoms with van der Waals surface area (Å²) in [5.74, 6) is -1.73. The minimum absolute atomic E-state index is 0.101. The molecule has 0 bridgehead atoms. The van der Waals surface area contributed by atoms with Crippen LogP contribution in [0, 0.1) is 11.6 Å². The normalized spacial score (nSPS) is 18.8. The van der Waals surface area contributed by atoms with Gasteiger partial charge in [-0.15, -0.1) is 0 Å². The average molecular weight is 495 g/mol. The number of rotatable bonds is 8. The first kappa shape index (κ1) is 25.5. The molecule has 188 valence electrons. The van der Waals surface area contributed by atoms with Gasteiger partial charge in [0, 0.05) is 17.6 Å². The van der Waals surface area contributed by atoms with Crippen LogP contribution in [0.15, 0.2) is 48.5 Å². The highest BCUT2D eigenvalue weighted by Gasteiger charge is 2.33. The van der Waals surface area contributed by atoms with E-state index in [2.05, 4.69) is 6.92 Å². The highest BCUT2D eigenvalue weighted by Crippen LogP contribution is 2.32. The van der Waals surface area contributed by atoms with Crippen molar-refractivity contribution in [1.82, 2.24) is 0 Å². The van der Waals surface area contributed by atoms with Crippen LogP contribution in [0.1, 0.15) is 48.3 Å². The van der Waals surface area contributed by atoms with Crippen molar-refractivity contribution in [3.8, 4) is 0 Å². The van der Waals surface area contributed by atoms with Crippen molar-refractivity contribution in [1.29, 1.82) is 0 Å². The van der Waals surface area contributed by atoms with Gasteiger partial charge in [-0.25, -0.2) is 8.78 Å². The number of halogens is 5. The van der Waals surface area contributed by atoms with Crippen LogP contribution in [0.2, 0.25) is 0 Å². The van der Waals surface area contributed by atoms with E-state index in [0.717, 1.165) is 30.5 Å². The number of benzene rings is 3. The molecule has 0 spiro atoms. The highest BCUT2D eigenvalue weighted by molar-refractivity contribution is 5.84. The van der Waals surface area contributed by atoms with E-state index >= 15 is 4.39 Å². The molecule has 0 N–H and O–H groups in total. The third-order valence-corrected chi connectivity index (χ3v) is 6.07. The van der Waals surface area contributed by atoms with Gasteiger partial charge in [-0.3, -0.25) is 0 Å². The van der Waals surface area contributed by atoms with E-state index in [-0.39, 0.29) is 18.9 Å². The van der Waals surface area contributed by atoms with E-state index < -0.39 is 29.7 Å². The predicted octanol–water partition coefficient (Wildman–Crippen LogP) is 7.15. The molecule has 0 atom stereocenters. The molecule has 0 aromatic heterocycles. The van der Waals surface area contributed by atoms with Crippen molar-refractivity contribution in [2.45, 2.75) is 51.2 Å². The first-order valence-electron chi connectivity index (χ1n) is 11.7. The molecule has 8 heteroatoms. The Morgan fingerprint density at radius 1 is 0.943 bits per heavy atom. The Balaban J connectivity index is 1.41. The maximum atomic E-state index is 15.1. The molecule has 0 unspecified atom stereocenters. The van der Waals surface area contributed by atoms with Gasteiger partial charge in [-0.1, -0.05) is 43.7 Å². The first-order chi connectivity index (χ1) is 16.8. The fourth-order valence-corrected chi connectivity index (χ4v) is 4.09. The monoisotopic (exact) mass is 494 g/mol. The zero-order valence-corrected chi connectivity index (χ0v) is 19.3. The van der Waals surface area contributed by atoms with E-state index in [1.807, 2.05) is 6.07 Å². The van der Waals surface area contributed by atoms with Gasteiger partial charge in [0.1, 0.15) is 17.7 Å². The van der Waals surface area contributed by atoms with Crippen molar-refractivity contribution in [3.05, 3.63) is 82.4 Å². The van der Waals surface area contributed by atoms with Crippen LogP contribution in [0.25, 0.3) is 10.8 Å². The Labute approximate surface area is 200 Å². The molecular weight excluding hydrogens is 467 g/mol. The number of alkyl halides is 3. The summed E-state index contributed by atoms with van der Waals surface area (Å²) in [5.41, 5.74) is 0.244. The molecule has 35 heavy (non-hydrogen) atoms. The van der Waals surface area contributed by atoms with E-state index in [4.69, 9.17) is 14.2 Å². The van der Waals surface area contributed by atoms with Gasteiger partial charge in [-0.2, -0.15) is 13.2 Å². The van der Waals surface area contributed by atoms with Crippen LogP contribution in [0.3, 0.4) is 0 Å². The smallest absolute Gasteiger partial charge is 0.373 e. The maximum absolute atomic E-state index is 15.1. The Hall–Kier alpha value is -2.55. The Morgan fingerprint density at radius 2 is 1.71 bits per heavy atom. The van der Waals surface area contributed by atoms with Crippen molar-refractivity contribution in [2.75, 3.05) is 19.8 Å². The second-order valence-corrected chi connectivity index (χ2v) is 8.68. The van der Waals surface area contributed by atoms with Gasteiger partial charge < -0.3 is 14.2 Å². The molecule has 1 heterocycles. The van der Waals surface area contributed by atoms with Crippen LogP contribution < -0.4 is 0 Å². The van der Waals surface area contributed by atoms with E-state index in [1.54, 1.807) is 24.3 Å². The molecule has 0 aliphatic carbocycles. The summed E-state index contributed by atoms with van der Waals surface area (Å²) in [6, 6.07) is 11.5. The van der Waals surface area contributed by atoms with Crippen LogP contribution in [-0.4, -0.2) is 25.9 Å². The molecule has 1 saturated heterocycles. The van der Waals surface area contributed by atoms with E-state index in [0.29, 0.717) is 41.7 Å². The molecule has 4 rings (SSSR count). The molecule has 1 aliphatic rings. The second kappa shape index (κ2) is 11.0. The zero-order valence-electron chi connectivity index (χ0n) is 19.3. The average Bonchev–Trinajstić information content (AvgIpc) is 2.83. The van der Waals surface area contributed by atoms with Gasteiger partial charge in [-0.05, 0) is 54.0 Å². The quantitative estimate of drug-likeness (QED) is 0.246. The molecule has 0 amide bonds. The second-order valence-electron chi connectivity index (χ2n) is 8.68. The minimum Gasteiger partial charge on any atom is -0.373 e. The molecular formula is C27H27F5O3. The van der Waals surface area contributed by atoms with Crippen LogP contribution in [-0.2, 0) is 33.2 Å². The molecule has 1 aliphatic heterocycles. The van der Waals surface area contributed by atoms with Gasteiger partial charge in [0.25, 0.3) is 0 Å². The minimum atomic E-state index is -4.75. The molecule has 0 saturated carbocycles. The van der Waals surface area contributed by atoms with Gasteiger partial charge in [0.05, 0.1) is 18.8 Å². The van der Waals surface area contributed by atoms with Crippen molar-refractivity contribution in [2.24, 2.45) is 0 Å². The predicted molar refractivity (Wildman–Crippen MR) is 122 cm³/mol. The standard InChI is InChI=1S/C27H27F5O3/c1-2-3-12-33-21-15-34-26(35-16-21)20-9-10-22-19(14-20)8-7-18(25(22)29)6-4-17-5-11-23(24(28)13-17)27(30,31)32/h5,7-11,13-14,21,26H,2-4,6,12,15-16H2,1H3. The summed E-state index contributed by atoms with van der Waals surface area (Å²) in [4.78, 5) is 0. The van der Waals surface area contributed by atoms with E-state index in [1.165, 1.54) is 6.07 Å². The summed E-state index contributed by atoms with van der Waals surface area (Å²) in [6.45, 7) is 3.61. The number of fused-ring (bicyclic) bond motifs is 1. The van der Waals surface area contributed by atoms with Crippen LogP contribution >= 0.6 is 0 Å². The summed E-state index contributed by atoms with van der Waals surface area (Å²) >= 11 is 0. The third-order valence-electron chi connectivity index (χ3n) is 6.07. The molecule has 1 fully saturated rings. The van der Waals surface area contributed by atoms with Gasteiger partial charge >= 0.3 is 6.18 Å². The number of hydrogen-bond donors (Lipinski definition) is 0. The Kier molecular flexibility index (Phi) is 8.04. The number of unbranched alkanes of at least 4 members (excludes halogenated alkanes) is 1. The van der Waals surface area contributed by atoms with Gasteiger partial charge in [0.15, 0.2) is 6.29 Å². The third kappa shape index (κ3) is 6.18. The number of hydrogen-bond acceptors (Lipinski definition) is 3. The summed E-state index contributed by atoms with van der Waals surface area (Å²) < 4.78 is 84.5. The SMILES string of the molecule is CCCCOC1COC(c2ccc3c(F)c(CCc4ccc(C(F)(F)F)c(F)c4)ccc3c2)OC1. The topological polar surface area (TPSA) is 27.7 Å². The summed E-state index contributed by atoms with van der Waals surface area (Å²) in [5, 5.41) is 1.10. The molecule has 3 aromatic rings. The molecule has 0 radical (unpaired) electrons. The lowest BCUT2D eigenvalue weighted by molar-refractivity contribution is -0.230. The lowest BCUT2D eigenvalue weighted by Crippen LogP contribution is -2.33. The van der Waals surface area contributed by atoms with E-state index in [9.17, 15) is 17.6 Å². The van der Waals surface area contributed by atoms with Gasteiger partial charge in [0.2, 0.25) is 0 Å². The fraction of sp³-hybridized carbons (Fsp3) is 0.407. The first-order valence-corrected chi connectivity index (χ1v) is 11.7. The fourth-order valence-electron chi connectivity index (χ4n) is 4.09. The van der Waals surface area contributed by atoms with Crippen LogP contribution in [0.5, 0.6) is 0 Å². The Bertz CT molecular complexity index is 1150. The van der Waals surface area contributed by atoms with Crippen molar-refractivity contribution in [3.63, 3.8) is 0 Å².